The maximum atomic E-state index is 11.8. The second kappa shape index (κ2) is 10.0. The zero-order chi connectivity index (χ0) is 23.4. The van der Waals surface area contributed by atoms with Crippen molar-refractivity contribution >= 4 is 23.6 Å². The molecular formula is C23H30N6O4. The first-order valence-electron chi connectivity index (χ1n) is 11.4. The van der Waals surface area contributed by atoms with Gasteiger partial charge in [-0.1, -0.05) is 6.92 Å². The van der Waals surface area contributed by atoms with Crippen LogP contribution in [-0.2, 0) is 11.3 Å². The molecule has 1 atom stereocenters. The van der Waals surface area contributed by atoms with Crippen molar-refractivity contribution in [1.29, 1.82) is 0 Å². The third-order valence-corrected chi connectivity index (χ3v) is 6.01. The summed E-state index contributed by atoms with van der Waals surface area (Å²) in [6, 6.07) is 7.08. The number of ether oxygens (including phenoxy) is 1. The molecule has 2 aromatic rings. The molecule has 1 aromatic heterocycles. The lowest BCUT2D eigenvalue weighted by Gasteiger charge is -2.37. The minimum Gasteiger partial charge on any atom is -0.465 e. The summed E-state index contributed by atoms with van der Waals surface area (Å²) in [5.41, 5.74) is 3.27. The van der Waals surface area contributed by atoms with Gasteiger partial charge in [0.2, 0.25) is 0 Å². The second-order valence-electron chi connectivity index (χ2n) is 8.16. The van der Waals surface area contributed by atoms with Gasteiger partial charge in [0.1, 0.15) is 5.82 Å². The van der Waals surface area contributed by atoms with Crippen LogP contribution in [0.15, 0.2) is 24.3 Å². The van der Waals surface area contributed by atoms with Gasteiger partial charge in [-0.05, 0) is 37.6 Å². The number of nitrogens with zero attached hydrogens (tertiary/aromatic N) is 4. The Balaban J connectivity index is 1.72. The van der Waals surface area contributed by atoms with Crippen LogP contribution < -0.4 is 15.5 Å². The van der Waals surface area contributed by atoms with Crippen molar-refractivity contribution in [3.05, 3.63) is 35.5 Å². The number of carboxylic acid groups (broad SMARTS) is 1. The predicted molar refractivity (Wildman–Crippen MR) is 125 cm³/mol. The Kier molecular flexibility index (Phi) is 6.93. The van der Waals surface area contributed by atoms with Crippen molar-refractivity contribution in [3.63, 3.8) is 0 Å². The number of rotatable bonds is 5. The van der Waals surface area contributed by atoms with Gasteiger partial charge < -0.3 is 30.3 Å². The number of nitrogens with one attached hydrogen (secondary N) is 2. The number of amides is 3. The number of urea groups is 1. The fourth-order valence-electron chi connectivity index (χ4n) is 4.31. The molecule has 1 unspecified atom stereocenters. The minimum atomic E-state index is -0.937. The molecule has 0 saturated carbocycles. The molecule has 4 rings (SSSR count). The molecule has 2 aliphatic heterocycles. The van der Waals surface area contributed by atoms with Crippen molar-refractivity contribution in [1.82, 2.24) is 20.2 Å². The van der Waals surface area contributed by atoms with E-state index in [1.807, 2.05) is 19.1 Å². The smallest absolute Gasteiger partial charge is 0.407 e. The molecule has 3 N–H and O–H groups in total. The first-order chi connectivity index (χ1) is 16.0. The molecule has 3 amide bonds. The van der Waals surface area contributed by atoms with Crippen molar-refractivity contribution in [2.75, 3.05) is 49.6 Å². The highest BCUT2D eigenvalue weighted by Crippen LogP contribution is 2.37. The van der Waals surface area contributed by atoms with E-state index in [0.717, 1.165) is 42.1 Å². The molecule has 2 aliphatic rings. The molecule has 1 fully saturated rings. The van der Waals surface area contributed by atoms with E-state index in [2.05, 4.69) is 22.5 Å². The van der Waals surface area contributed by atoms with E-state index in [0.29, 0.717) is 37.8 Å². The standard InChI is InChI=1S/C23H30N6O4/c1-3-15-13-29(23(31)32)14-18-19(15)21(28-9-11-33-12-10-28)27-20(26-18)16-5-7-17(8-6-16)25-22(30)24-4-2/h5-8,15H,3-4,9-14H2,1-2H3,(H,31,32)(H2,24,25,30). The van der Waals surface area contributed by atoms with Crippen LogP contribution in [0.2, 0.25) is 0 Å². The molecule has 33 heavy (non-hydrogen) atoms. The molecule has 0 spiro atoms. The van der Waals surface area contributed by atoms with Gasteiger partial charge in [0, 0.05) is 48.9 Å². The maximum Gasteiger partial charge on any atom is 0.407 e. The maximum absolute atomic E-state index is 11.8. The van der Waals surface area contributed by atoms with Crippen LogP contribution in [0, 0.1) is 0 Å². The van der Waals surface area contributed by atoms with Gasteiger partial charge in [0.05, 0.1) is 25.5 Å². The van der Waals surface area contributed by atoms with Gasteiger partial charge in [-0.2, -0.15) is 0 Å². The van der Waals surface area contributed by atoms with Crippen molar-refractivity contribution in [3.8, 4) is 11.4 Å². The molecule has 1 aromatic carbocycles. The number of aromatic nitrogens is 2. The summed E-state index contributed by atoms with van der Waals surface area (Å²) in [7, 11) is 0. The van der Waals surface area contributed by atoms with Crippen LogP contribution in [0.4, 0.5) is 21.1 Å². The molecule has 10 nitrogen and oxygen atoms in total. The summed E-state index contributed by atoms with van der Waals surface area (Å²) in [5, 5.41) is 15.1. The highest BCUT2D eigenvalue weighted by molar-refractivity contribution is 5.89. The largest absolute Gasteiger partial charge is 0.465 e. The Bertz CT molecular complexity index is 1010. The van der Waals surface area contributed by atoms with Crippen molar-refractivity contribution in [2.45, 2.75) is 32.7 Å². The Morgan fingerprint density at radius 1 is 1.15 bits per heavy atom. The SMILES string of the molecule is CCNC(=O)Nc1ccc(-c2nc3c(c(N4CCOCC4)n2)C(CC)CN(C(=O)O)C3)cc1. The number of hydrogen-bond donors (Lipinski definition) is 3. The zero-order valence-electron chi connectivity index (χ0n) is 19.0. The fraction of sp³-hybridized carbons (Fsp3) is 0.478. The van der Waals surface area contributed by atoms with Gasteiger partial charge >= 0.3 is 12.1 Å². The van der Waals surface area contributed by atoms with Crippen molar-refractivity contribution < 1.29 is 19.4 Å². The molecule has 0 radical (unpaired) electrons. The van der Waals surface area contributed by atoms with Crippen LogP contribution in [0.3, 0.4) is 0 Å². The van der Waals surface area contributed by atoms with Crippen LogP contribution >= 0.6 is 0 Å². The quantitative estimate of drug-likeness (QED) is 0.635. The van der Waals surface area contributed by atoms with E-state index in [9.17, 15) is 14.7 Å². The number of carbonyl (C=O) groups excluding carboxylic acids is 1. The van der Waals surface area contributed by atoms with Crippen LogP contribution in [0.1, 0.15) is 37.4 Å². The Labute approximate surface area is 193 Å². The number of morpholine rings is 1. The molecule has 10 heteroatoms. The topological polar surface area (TPSA) is 120 Å². The van der Waals surface area contributed by atoms with Crippen LogP contribution in [0.5, 0.6) is 0 Å². The van der Waals surface area contributed by atoms with Gasteiger partial charge in [-0.15, -0.1) is 0 Å². The number of benzene rings is 1. The summed E-state index contributed by atoms with van der Waals surface area (Å²) in [6.45, 7) is 7.88. The highest BCUT2D eigenvalue weighted by Gasteiger charge is 2.33. The third kappa shape index (κ3) is 5.00. The van der Waals surface area contributed by atoms with E-state index >= 15 is 0 Å². The zero-order valence-corrected chi connectivity index (χ0v) is 19.0. The first kappa shape index (κ1) is 22.8. The summed E-state index contributed by atoms with van der Waals surface area (Å²) in [6.07, 6.45) is -0.134. The monoisotopic (exact) mass is 454 g/mol. The predicted octanol–water partition coefficient (Wildman–Crippen LogP) is 3.11. The second-order valence-corrected chi connectivity index (χ2v) is 8.16. The van der Waals surface area contributed by atoms with Crippen molar-refractivity contribution in [2.24, 2.45) is 0 Å². The van der Waals surface area contributed by atoms with Gasteiger partial charge in [-0.3, -0.25) is 0 Å². The Morgan fingerprint density at radius 2 is 1.88 bits per heavy atom. The van der Waals surface area contributed by atoms with Gasteiger partial charge in [-0.25, -0.2) is 19.6 Å². The Hall–Kier alpha value is -3.40. The van der Waals surface area contributed by atoms with E-state index < -0.39 is 6.09 Å². The van der Waals surface area contributed by atoms with E-state index in [-0.39, 0.29) is 18.5 Å². The third-order valence-electron chi connectivity index (χ3n) is 6.01. The van der Waals surface area contributed by atoms with E-state index in [1.165, 1.54) is 4.90 Å². The summed E-state index contributed by atoms with van der Waals surface area (Å²) in [5.74, 6) is 1.46. The summed E-state index contributed by atoms with van der Waals surface area (Å²) >= 11 is 0. The van der Waals surface area contributed by atoms with Crippen LogP contribution in [0.25, 0.3) is 11.4 Å². The number of carbonyl (C=O) groups is 2. The first-order valence-corrected chi connectivity index (χ1v) is 11.4. The number of anilines is 2. The lowest BCUT2D eigenvalue weighted by Crippen LogP contribution is -2.42. The normalized spacial score (nSPS) is 17.9. The molecule has 0 bridgehead atoms. The minimum absolute atomic E-state index is 0.0420. The molecule has 1 saturated heterocycles. The average molecular weight is 455 g/mol. The Morgan fingerprint density at radius 3 is 2.52 bits per heavy atom. The average Bonchev–Trinajstić information content (AvgIpc) is 2.83. The number of fused-ring (bicyclic) bond motifs is 1. The van der Waals surface area contributed by atoms with E-state index in [4.69, 9.17) is 14.7 Å². The molecule has 176 valence electrons. The number of hydrogen-bond acceptors (Lipinski definition) is 6. The molecule has 0 aliphatic carbocycles. The van der Waals surface area contributed by atoms with Crippen LogP contribution in [-0.4, -0.2) is 71.5 Å². The highest BCUT2D eigenvalue weighted by atomic mass is 16.5. The summed E-state index contributed by atoms with van der Waals surface area (Å²) < 4.78 is 5.53. The van der Waals surface area contributed by atoms with Gasteiger partial charge in [0.15, 0.2) is 5.82 Å². The lowest BCUT2D eigenvalue weighted by atomic mass is 9.90. The molecular weight excluding hydrogens is 424 g/mol. The lowest BCUT2D eigenvalue weighted by molar-refractivity contribution is 0.121. The fourth-order valence-corrected chi connectivity index (χ4v) is 4.31. The van der Waals surface area contributed by atoms with Gasteiger partial charge in [0.25, 0.3) is 0 Å². The molecule has 3 heterocycles. The summed E-state index contributed by atoms with van der Waals surface area (Å²) in [4.78, 5) is 37.0. The van der Waals surface area contributed by atoms with E-state index in [1.54, 1.807) is 12.1 Å².